The second-order valence-electron chi connectivity index (χ2n) is 7.31. The molecule has 0 atom stereocenters. The molecule has 140 valence electrons. The van der Waals surface area contributed by atoms with E-state index in [1.807, 2.05) is 47.0 Å². The molecular formula is C23H26N2O2. The highest BCUT2D eigenvalue weighted by Crippen LogP contribution is 2.31. The minimum atomic E-state index is 0.0651. The van der Waals surface area contributed by atoms with Crippen LogP contribution >= 0.6 is 0 Å². The Morgan fingerprint density at radius 3 is 2.63 bits per heavy atom. The quantitative estimate of drug-likeness (QED) is 0.614. The molecule has 0 N–H and O–H groups in total. The van der Waals surface area contributed by atoms with E-state index in [2.05, 4.69) is 11.9 Å². The topological polar surface area (TPSA) is 44.1 Å². The highest BCUT2D eigenvalue weighted by atomic mass is 16.5. The van der Waals surface area contributed by atoms with Gasteiger partial charge in [-0.3, -0.25) is 9.36 Å². The summed E-state index contributed by atoms with van der Waals surface area (Å²) >= 11 is 0. The van der Waals surface area contributed by atoms with Crippen molar-refractivity contribution in [3.63, 3.8) is 0 Å². The van der Waals surface area contributed by atoms with Crippen molar-refractivity contribution < 1.29 is 4.74 Å². The van der Waals surface area contributed by atoms with E-state index >= 15 is 0 Å². The highest BCUT2D eigenvalue weighted by molar-refractivity contribution is 5.81. The molecule has 4 rings (SSSR count). The van der Waals surface area contributed by atoms with E-state index < -0.39 is 0 Å². The number of hydrogen-bond donors (Lipinski definition) is 0. The maximum atomic E-state index is 13.4. The third-order valence-corrected chi connectivity index (χ3v) is 5.37. The fourth-order valence-corrected chi connectivity index (χ4v) is 4.00. The first-order valence-corrected chi connectivity index (χ1v) is 10.0. The van der Waals surface area contributed by atoms with E-state index in [1.54, 1.807) is 6.20 Å². The summed E-state index contributed by atoms with van der Waals surface area (Å²) in [7, 11) is 0. The number of aromatic nitrogens is 2. The average molecular weight is 362 g/mol. The molecule has 0 bridgehead atoms. The van der Waals surface area contributed by atoms with Crippen LogP contribution < -0.4 is 10.3 Å². The highest BCUT2D eigenvalue weighted by Gasteiger charge is 2.21. The number of pyridine rings is 2. The van der Waals surface area contributed by atoms with Gasteiger partial charge >= 0.3 is 0 Å². The average Bonchev–Trinajstić information content (AvgIpc) is 2.73. The molecular weight excluding hydrogens is 336 g/mol. The van der Waals surface area contributed by atoms with Crippen molar-refractivity contribution >= 4 is 11.0 Å². The minimum Gasteiger partial charge on any atom is -0.494 e. The molecule has 2 aromatic heterocycles. The van der Waals surface area contributed by atoms with Crippen LogP contribution in [-0.2, 0) is 0 Å². The molecule has 0 spiro atoms. The summed E-state index contributed by atoms with van der Waals surface area (Å²) in [5, 5.41) is 1.02. The van der Waals surface area contributed by atoms with Crippen molar-refractivity contribution in [2.75, 3.05) is 6.61 Å². The van der Waals surface area contributed by atoms with Crippen LogP contribution in [0.2, 0.25) is 0 Å². The monoisotopic (exact) mass is 362 g/mol. The van der Waals surface area contributed by atoms with Crippen LogP contribution in [-0.4, -0.2) is 16.2 Å². The van der Waals surface area contributed by atoms with E-state index in [1.165, 1.54) is 19.3 Å². The summed E-state index contributed by atoms with van der Waals surface area (Å²) in [6, 6.07) is 14.1. The fourth-order valence-electron chi connectivity index (χ4n) is 4.00. The van der Waals surface area contributed by atoms with E-state index in [0.29, 0.717) is 6.61 Å². The van der Waals surface area contributed by atoms with Crippen molar-refractivity contribution in [1.82, 2.24) is 9.55 Å². The zero-order chi connectivity index (χ0) is 18.6. The Morgan fingerprint density at radius 2 is 1.89 bits per heavy atom. The summed E-state index contributed by atoms with van der Waals surface area (Å²) in [4.78, 5) is 18.0. The molecule has 1 aliphatic rings. The van der Waals surface area contributed by atoms with E-state index in [0.717, 1.165) is 47.2 Å². The molecule has 0 aliphatic heterocycles. The number of rotatable bonds is 5. The molecule has 0 saturated heterocycles. The summed E-state index contributed by atoms with van der Waals surface area (Å²) in [6.07, 6.45) is 8.48. The molecule has 1 aliphatic carbocycles. The third kappa shape index (κ3) is 3.61. The molecule has 0 unspecified atom stereocenters. The van der Waals surface area contributed by atoms with E-state index in [4.69, 9.17) is 4.74 Å². The van der Waals surface area contributed by atoms with Gasteiger partial charge in [-0.2, -0.15) is 0 Å². The van der Waals surface area contributed by atoms with Gasteiger partial charge in [-0.15, -0.1) is 0 Å². The molecule has 4 heteroatoms. The van der Waals surface area contributed by atoms with Gasteiger partial charge in [-0.25, -0.2) is 4.98 Å². The Kier molecular flexibility index (Phi) is 5.23. The van der Waals surface area contributed by atoms with Gasteiger partial charge in [-0.1, -0.05) is 38.3 Å². The second kappa shape index (κ2) is 7.95. The predicted octanol–water partition coefficient (Wildman–Crippen LogP) is 5.36. The Bertz CT molecular complexity index is 970. The van der Waals surface area contributed by atoms with Gasteiger partial charge in [0.1, 0.15) is 11.4 Å². The SMILES string of the molecule is CCCOc1ccc(-c2cc3cccnc3n(C3CCCCC3)c2=O)cc1. The lowest BCUT2D eigenvalue weighted by molar-refractivity contribution is 0.317. The molecule has 1 aromatic carbocycles. The number of ether oxygens (including phenoxy) is 1. The first-order valence-electron chi connectivity index (χ1n) is 10.0. The Balaban J connectivity index is 1.81. The zero-order valence-corrected chi connectivity index (χ0v) is 15.9. The molecule has 2 heterocycles. The maximum Gasteiger partial charge on any atom is 0.260 e. The number of benzene rings is 1. The molecule has 3 aromatic rings. The Morgan fingerprint density at radius 1 is 1.11 bits per heavy atom. The van der Waals surface area contributed by atoms with Gasteiger partial charge < -0.3 is 4.74 Å². The van der Waals surface area contributed by atoms with Gasteiger partial charge in [0.05, 0.1) is 6.61 Å². The standard InChI is InChI=1S/C23H26N2O2/c1-2-15-27-20-12-10-17(11-13-20)21-16-18-7-6-14-24-22(18)25(23(21)26)19-8-4-3-5-9-19/h6-7,10-14,16,19H,2-5,8-9,15H2,1H3. The number of hydrogen-bond acceptors (Lipinski definition) is 3. The Hall–Kier alpha value is -2.62. The number of nitrogens with zero attached hydrogens (tertiary/aromatic N) is 2. The van der Waals surface area contributed by atoms with Crippen LogP contribution in [0.1, 0.15) is 51.5 Å². The predicted molar refractivity (Wildman–Crippen MR) is 109 cm³/mol. The maximum absolute atomic E-state index is 13.4. The fraction of sp³-hybridized carbons (Fsp3) is 0.391. The summed E-state index contributed by atoms with van der Waals surface area (Å²) in [6.45, 7) is 2.79. The van der Waals surface area contributed by atoms with Gasteiger partial charge in [0.2, 0.25) is 0 Å². The van der Waals surface area contributed by atoms with Crippen LogP contribution in [0.15, 0.2) is 53.5 Å². The Labute approximate surface area is 159 Å². The van der Waals surface area contributed by atoms with Gasteiger partial charge in [0.15, 0.2) is 0 Å². The van der Waals surface area contributed by atoms with E-state index in [9.17, 15) is 4.79 Å². The molecule has 1 saturated carbocycles. The second-order valence-corrected chi connectivity index (χ2v) is 7.31. The molecule has 4 nitrogen and oxygen atoms in total. The third-order valence-electron chi connectivity index (χ3n) is 5.37. The van der Waals surface area contributed by atoms with Gasteiger partial charge in [0.25, 0.3) is 5.56 Å². The number of fused-ring (bicyclic) bond motifs is 1. The lowest BCUT2D eigenvalue weighted by atomic mass is 9.94. The first kappa shape index (κ1) is 17.8. The molecule has 0 amide bonds. The lowest BCUT2D eigenvalue weighted by Gasteiger charge is -2.25. The lowest BCUT2D eigenvalue weighted by Crippen LogP contribution is -2.28. The van der Waals surface area contributed by atoms with Crippen LogP contribution in [0, 0.1) is 0 Å². The minimum absolute atomic E-state index is 0.0651. The smallest absolute Gasteiger partial charge is 0.260 e. The van der Waals surface area contributed by atoms with Crippen LogP contribution in [0.3, 0.4) is 0 Å². The normalized spacial score (nSPS) is 15.1. The van der Waals surface area contributed by atoms with Crippen LogP contribution in [0.4, 0.5) is 0 Å². The largest absolute Gasteiger partial charge is 0.494 e. The van der Waals surface area contributed by atoms with Gasteiger partial charge in [0, 0.05) is 23.2 Å². The van der Waals surface area contributed by atoms with Crippen molar-refractivity contribution in [2.24, 2.45) is 0 Å². The van der Waals surface area contributed by atoms with Crippen molar-refractivity contribution in [3.05, 3.63) is 59.0 Å². The van der Waals surface area contributed by atoms with Crippen molar-refractivity contribution in [1.29, 1.82) is 0 Å². The molecule has 1 fully saturated rings. The zero-order valence-electron chi connectivity index (χ0n) is 15.9. The summed E-state index contributed by atoms with van der Waals surface area (Å²) in [5.74, 6) is 0.843. The molecule has 27 heavy (non-hydrogen) atoms. The van der Waals surface area contributed by atoms with Gasteiger partial charge in [-0.05, 0) is 55.2 Å². The van der Waals surface area contributed by atoms with Crippen molar-refractivity contribution in [2.45, 2.75) is 51.5 Å². The summed E-state index contributed by atoms with van der Waals surface area (Å²) < 4.78 is 7.62. The van der Waals surface area contributed by atoms with Crippen molar-refractivity contribution in [3.8, 4) is 16.9 Å². The first-order chi connectivity index (χ1) is 13.3. The van der Waals surface area contributed by atoms with Crippen LogP contribution in [0.25, 0.3) is 22.2 Å². The summed E-state index contributed by atoms with van der Waals surface area (Å²) in [5.41, 5.74) is 2.54. The van der Waals surface area contributed by atoms with E-state index in [-0.39, 0.29) is 11.6 Å². The van der Waals surface area contributed by atoms with Crippen LogP contribution in [0.5, 0.6) is 5.75 Å². The molecule has 0 radical (unpaired) electrons.